The molecule has 1 rings (SSSR count). The van der Waals surface area contributed by atoms with Crippen LogP contribution in [0.3, 0.4) is 0 Å². The molecule has 0 heterocycles. The first-order chi connectivity index (χ1) is 8.97. The zero-order chi connectivity index (χ0) is 14.6. The quantitative estimate of drug-likeness (QED) is 0.755. The van der Waals surface area contributed by atoms with Gasteiger partial charge in [-0.3, -0.25) is 4.79 Å². The average molecular weight is 267 g/mol. The summed E-state index contributed by atoms with van der Waals surface area (Å²) in [5, 5.41) is 12.6. The molecule has 0 aliphatic rings. The number of Topliss-reactive ketones (excluding diaryl/α,β-unsaturated/α-hetero) is 1. The van der Waals surface area contributed by atoms with E-state index in [1.807, 2.05) is 13.8 Å². The first kappa shape index (κ1) is 15.5. The fourth-order valence-corrected chi connectivity index (χ4v) is 1.99. The SMILES string of the molecule is CNCC(O)C(=O)c1cc(OC)c(C)c(C)c1OC. The molecule has 0 radical (unpaired) electrons. The Labute approximate surface area is 113 Å². The van der Waals surface area contributed by atoms with Crippen molar-refractivity contribution in [3.8, 4) is 11.5 Å². The number of aliphatic hydroxyl groups excluding tert-OH is 1. The molecule has 19 heavy (non-hydrogen) atoms. The average Bonchev–Trinajstić information content (AvgIpc) is 2.41. The van der Waals surface area contributed by atoms with Gasteiger partial charge in [0.05, 0.1) is 19.8 Å². The number of hydrogen-bond donors (Lipinski definition) is 2. The van der Waals surface area contributed by atoms with Crippen molar-refractivity contribution in [2.24, 2.45) is 0 Å². The number of ketones is 1. The molecule has 0 bridgehead atoms. The van der Waals surface area contributed by atoms with Crippen molar-refractivity contribution >= 4 is 5.78 Å². The van der Waals surface area contributed by atoms with Crippen molar-refractivity contribution in [2.45, 2.75) is 20.0 Å². The van der Waals surface area contributed by atoms with Gasteiger partial charge in [0.1, 0.15) is 17.6 Å². The lowest BCUT2D eigenvalue weighted by atomic mass is 9.98. The van der Waals surface area contributed by atoms with Gasteiger partial charge in [0.25, 0.3) is 0 Å². The second-order valence-corrected chi connectivity index (χ2v) is 4.35. The van der Waals surface area contributed by atoms with Gasteiger partial charge < -0.3 is 19.9 Å². The van der Waals surface area contributed by atoms with Gasteiger partial charge in [-0.2, -0.15) is 0 Å². The Morgan fingerprint density at radius 2 is 1.95 bits per heavy atom. The lowest BCUT2D eigenvalue weighted by Crippen LogP contribution is -2.31. The van der Waals surface area contributed by atoms with E-state index in [9.17, 15) is 9.90 Å². The third-order valence-corrected chi connectivity index (χ3v) is 3.18. The second-order valence-electron chi connectivity index (χ2n) is 4.35. The number of carbonyl (C=O) groups excluding carboxylic acids is 1. The summed E-state index contributed by atoms with van der Waals surface area (Å²) in [5.74, 6) is 0.712. The smallest absolute Gasteiger partial charge is 0.196 e. The normalized spacial score (nSPS) is 12.1. The van der Waals surface area contributed by atoms with E-state index in [1.165, 1.54) is 7.11 Å². The minimum Gasteiger partial charge on any atom is -0.496 e. The molecule has 0 spiro atoms. The number of aliphatic hydroxyl groups is 1. The lowest BCUT2D eigenvalue weighted by molar-refractivity contribution is 0.0746. The number of carbonyl (C=O) groups is 1. The van der Waals surface area contributed by atoms with Crippen LogP contribution in [-0.4, -0.2) is 44.8 Å². The molecular formula is C14H21NO4. The van der Waals surface area contributed by atoms with E-state index in [-0.39, 0.29) is 12.3 Å². The highest BCUT2D eigenvalue weighted by molar-refractivity contribution is 6.02. The zero-order valence-electron chi connectivity index (χ0n) is 12.0. The molecule has 0 fully saturated rings. The minimum absolute atomic E-state index is 0.192. The summed E-state index contributed by atoms with van der Waals surface area (Å²) in [6.07, 6.45) is -1.11. The van der Waals surface area contributed by atoms with Crippen molar-refractivity contribution in [3.05, 3.63) is 22.8 Å². The second kappa shape index (κ2) is 6.54. The van der Waals surface area contributed by atoms with E-state index < -0.39 is 6.10 Å². The highest BCUT2D eigenvalue weighted by Gasteiger charge is 2.24. The summed E-state index contributed by atoms with van der Waals surface area (Å²) in [5.41, 5.74) is 2.09. The van der Waals surface area contributed by atoms with Gasteiger partial charge in [-0.1, -0.05) is 0 Å². The van der Waals surface area contributed by atoms with Crippen molar-refractivity contribution in [2.75, 3.05) is 27.8 Å². The number of rotatable bonds is 6. The van der Waals surface area contributed by atoms with E-state index in [0.717, 1.165) is 11.1 Å². The molecule has 5 nitrogen and oxygen atoms in total. The molecule has 1 unspecified atom stereocenters. The van der Waals surface area contributed by atoms with Crippen LogP contribution in [0, 0.1) is 13.8 Å². The molecule has 0 amide bonds. The lowest BCUT2D eigenvalue weighted by Gasteiger charge is -2.17. The number of nitrogens with one attached hydrogen (secondary N) is 1. The predicted molar refractivity (Wildman–Crippen MR) is 73.3 cm³/mol. The van der Waals surface area contributed by atoms with Crippen LogP contribution in [0.25, 0.3) is 0 Å². The molecule has 1 aromatic carbocycles. The van der Waals surface area contributed by atoms with Crippen LogP contribution in [-0.2, 0) is 0 Å². The van der Waals surface area contributed by atoms with Gasteiger partial charge in [-0.15, -0.1) is 0 Å². The van der Waals surface area contributed by atoms with Crippen molar-refractivity contribution in [1.29, 1.82) is 0 Å². The molecule has 0 saturated heterocycles. The van der Waals surface area contributed by atoms with Gasteiger partial charge in [-0.05, 0) is 38.1 Å². The Kier molecular flexibility index (Phi) is 5.32. The minimum atomic E-state index is -1.11. The van der Waals surface area contributed by atoms with E-state index in [2.05, 4.69) is 5.32 Å². The molecule has 106 valence electrons. The summed E-state index contributed by atoms with van der Waals surface area (Å²) in [7, 11) is 4.73. The fourth-order valence-electron chi connectivity index (χ4n) is 1.99. The summed E-state index contributed by atoms with van der Waals surface area (Å²) in [6.45, 7) is 3.95. The number of benzene rings is 1. The van der Waals surface area contributed by atoms with Crippen LogP contribution in [0.2, 0.25) is 0 Å². The van der Waals surface area contributed by atoms with Crippen LogP contribution in [0.15, 0.2) is 6.07 Å². The van der Waals surface area contributed by atoms with Crippen LogP contribution in [0.4, 0.5) is 0 Å². The van der Waals surface area contributed by atoms with Crippen LogP contribution >= 0.6 is 0 Å². The number of hydrogen-bond acceptors (Lipinski definition) is 5. The van der Waals surface area contributed by atoms with Crippen molar-refractivity contribution in [1.82, 2.24) is 5.32 Å². The highest BCUT2D eigenvalue weighted by atomic mass is 16.5. The molecule has 0 aliphatic carbocycles. The first-order valence-electron chi connectivity index (χ1n) is 6.06. The molecule has 1 aromatic rings. The maximum absolute atomic E-state index is 12.2. The van der Waals surface area contributed by atoms with Crippen LogP contribution < -0.4 is 14.8 Å². The fraction of sp³-hybridized carbons (Fsp3) is 0.500. The van der Waals surface area contributed by atoms with Crippen LogP contribution in [0.1, 0.15) is 21.5 Å². The monoisotopic (exact) mass is 267 g/mol. The summed E-state index contributed by atoms with van der Waals surface area (Å²) >= 11 is 0. The number of likely N-dealkylation sites (N-methyl/N-ethyl adjacent to an activating group) is 1. The van der Waals surface area contributed by atoms with Gasteiger partial charge in [0, 0.05) is 6.54 Å². The Bertz CT molecular complexity index is 471. The largest absolute Gasteiger partial charge is 0.496 e. The van der Waals surface area contributed by atoms with Gasteiger partial charge >= 0.3 is 0 Å². The molecule has 0 aromatic heterocycles. The summed E-state index contributed by atoms with van der Waals surface area (Å²) in [4.78, 5) is 12.2. The molecule has 0 saturated carbocycles. The highest BCUT2D eigenvalue weighted by Crippen LogP contribution is 2.33. The zero-order valence-corrected chi connectivity index (χ0v) is 12.0. The predicted octanol–water partition coefficient (Wildman–Crippen LogP) is 1.08. The van der Waals surface area contributed by atoms with E-state index in [4.69, 9.17) is 9.47 Å². The van der Waals surface area contributed by atoms with Crippen molar-refractivity contribution < 1.29 is 19.4 Å². The number of ether oxygens (including phenoxy) is 2. The third-order valence-electron chi connectivity index (χ3n) is 3.18. The van der Waals surface area contributed by atoms with Crippen LogP contribution in [0.5, 0.6) is 11.5 Å². The molecular weight excluding hydrogens is 246 g/mol. The Morgan fingerprint density at radius 1 is 1.32 bits per heavy atom. The Morgan fingerprint density at radius 3 is 2.42 bits per heavy atom. The molecule has 2 N–H and O–H groups in total. The maximum atomic E-state index is 12.2. The summed E-state index contributed by atoms with van der Waals surface area (Å²) < 4.78 is 10.5. The summed E-state index contributed by atoms with van der Waals surface area (Å²) in [6, 6.07) is 1.61. The Hall–Kier alpha value is -1.59. The van der Waals surface area contributed by atoms with Crippen molar-refractivity contribution in [3.63, 3.8) is 0 Å². The van der Waals surface area contributed by atoms with Gasteiger partial charge in [-0.25, -0.2) is 0 Å². The number of methoxy groups -OCH3 is 2. The van der Waals surface area contributed by atoms with Gasteiger partial charge in [0.15, 0.2) is 5.78 Å². The van der Waals surface area contributed by atoms with E-state index in [0.29, 0.717) is 17.1 Å². The Balaban J connectivity index is 3.33. The standard InChI is InChI=1S/C14H21NO4/c1-8-9(2)14(19-5)10(6-12(8)18-4)13(17)11(16)7-15-3/h6,11,15-16H,7H2,1-5H3. The maximum Gasteiger partial charge on any atom is 0.196 e. The third kappa shape index (κ3) is 3.05. The first-order valence-corrected chi connectivity index (χ1v) is 6.06. The van der Waals surface area contributed by atoms with E-state index in [1.54, 1.807) is 20.2 Å². The topological polar surface area (TPSA) is 67.8 Å². The molecule has 1 atom stereocenters. The van der Waals surface area contributed by atoms with E-state index >= 15 is 0 Å². The molecule has 0 aliphatic heterocycles. The van der Waals surface area contributed by atoms with Gasteiger partial charge in [0.2, 0.25) is 0 Å². The molecule has 5 heteroatoms.